The molecule has 0 saturated heterocycles. The summed E-state index contributed by atoms with van der Waals surface area (Å²) in [5, 5.41) is 4.15. The van der Waals surface area contributed by atoms with Gasteiger partial charge in [0.15, 0.2) is 0 Å². The molecule has 1 amide bonds. The van der Waals surface area contributed by atoms with Crippen LogP contribution in [0.1, 0.15) is 11.1 Å². The summed E-state index contributed by atoms with van der Waals surface area (Å²) in [6.45, 7) is 0.487. The monoisotopic (exact) mass is 293 g/mol. The number of nitrogens with one attached hydrogen (secondary N) is 1. The third-order valence-electron chi connectivity index (χ3n) is 2.71. The van der Waals surface area contributed by atoms with Crippen LogP contribution in [-0.2, 0) is 17.8 Å². The molecule has 2 rings (SSSR count). The van der Waals surface area contributed by atoms with Gasteiger partial charge < -0.3 is 5.32 Å². The Morgan fingerprint density at radius 3 is 2.37 bits per heavy atom. The zero-order valence-electron chi connectivity index (χ0n) is 10.2. The summed E-state index contributed by atoms with van der Waals surface area (Å²) in [4.78, 5) is 11.8. The first-order valence-electron chi connectivity index (χ1n) is 5.90. The minimum atomic E-state index is -0.0527. The SMILES string of the molecule is O=C(Cc1ccccc1Cl)NCc1ccc(Cl)cc1. The highest BCUT2D eigenvalue weighted by molar-refractivity contribution is 6.31. The summed E-state index contributed by atoms with van der Waals surface area (Å²) < 4.78 is 0. The van der Waals surface area contributed by atoms with E-state index in [1.54, 1.807) is 18.2 Å². The average Bonchev–Trinajstić information content (AvgIpc) is 2.41. The predicted molar refractivity (Wildman–Crippen MR) is 78.5 cm³/mol. The quantitative estimate of drug-likeness (QED) is 0.911. The van der Waals surface area contributed by atoms with Crippen molar-refractivity contribution in [1.82, 2.24) is 5.32 Å². The van der Waals surface area contributed by atoms with Gasteiger partial charge in [0.1, 0.15) is 0 Å². The molecule has 2 aromatic rings. The Balaban J connectivity index is 1.88. The Labute approximate surface area is 122 Å². The highest BCUT2D eigenvalue weighted by Gasteiger charge is 2.06. The van der Waals surface area contributed by atoms with E-state index < -0.39 is 0 Å². The standard InChI is InChI=1S/C15H13Cl2NO/c16-13-7-5-11(6-8-13)10-18-15(19)9-12-3-1-2-4-14(12)17/h1-8H,9-10H2,(H,18,19). The summed E-state index contributed by atoms with van der Waals surface area (Å²) in [5.74, 6) is -0.0527. The number of carbonyl (C=O) groups excluding carboxylic acids is 1. The van der Waals surface area contributed by atoms with E-state index in [1.165, 1.54) is 0 Å². The molecule has 0 fully saturated rings. The van der Waals surface area contributed by atoms with Gasteiger partial charge in [0.2, 0.25) is 5.91 Å². The lowest BCUT2D eigenvalue weighted by atomic mass is 10.1. The average molecular weight is 294 g/mol. The van der Waals surface area contributed by atoms with Crippen LogP contribution in [-0.4, -0.2) is 5.91 Å². The van der Waals surface area contributed by atoms with Crippen LogP contribution >= 0.6 is 23.2 Å². The summed E-state index contributed by atoms with van der Waals surface area (Å²) in [5.41, 5.74) is 1.84. The second-order valence-electron chi connectivity index (χ2n) is 4.17. The van der Waals surface area contributed by atoms with Crippen LogP contribution in [0, 0.1) is 0 Å². The molecule has 1 N–H and O–H groups in total. The zero-order chi connectivity index (χ0) is 13.7. The van der Waals surface area contributed by atoms with Crippen molar-refractivity contribution in [2.45, 2.75) is 13.0 Å². The van der Waals surface area contributed by atoms with Gasteiger partial charge >= 0.3 is 0 Å². The molecule has 0 radical (unpaired) electrons. The third kappa shape index (κ3) is 4.27. The van der Waals surface area contributed by atoms with E-state index in [4.69, 9.17) is 23.2 Å². The van der Waals surface area contributed by atoms with E-state index in [0.717, 1.165) is 11.1 Å². The molecule has 98 valence electrons. The lowest BCUT2D eigenvalue weighted by Gasteiger charge is -2.06. The first kappa shape index (κ1) is 13.9. The van der Waals surface area contributed by atoms with Crippen LogP contribution in [0.15, 0.2) is 48.5 Å². The largest absolute Gasteiger partial charge is 0.352 e. The van der Waals surface area contributed by atoms with Gasteiger partial charge in [-0.2, -0.15) is 0 Å². The number of hydrogen-bond donors (Lipinski definition) is 1. The van der Waals surface area contributed by atoms with Gasteiger partial charge in [0.25, 0.3) is 0 Å². The first-order valence-corrected chi connectivity index (χ1v) is 6.65. The second kappa shape index (κ2) is 6.60. The number of benzene rings is 2. The molecule has 0 unspecified atom stereocenters. The molecule has 0 aliphatic carbocycles. The van der Waals surface area contributed by atoms with E-state index in [9.17, 15) is 4.79 Å². The summed E-state index contributed by atoms with van der Waals surface area (Å²) in [6.07, 6.45) is 0.285. The van der Waals surface area contributed by atoms with E-state index in [2.05, 4.69) is 5.32 Å². The van der Waals surface area contributed by atoms with Crippen molar-refractivity contribution < 1.29 is 4.79 Å². The Bertz CT molecular complexity index is 567. The van der Waals surface area contributed by atoms with Crippen LogP contribution in [0.4, 0.5) is 0 Å². The topological polar surface area (TPSA) is 29.1 Å². The van der Waals surface area contributed by atoms with Gasteiger partial charge in [-0.1, -0.05) is 53.5 Å². The van der Waals surface area contributed by atoms with E-state index >= 15 is 0 Å². The molecular weight excluding hydrogens is 281 g/mol. The van der Waals surface area contributed by atoms with Crippen molar-refractivity contribution in [1.29, 1.82) is 0 Å². The number of carbonyl (C=O) groups is 1. The van der Waals surface area contributed by atoms with Crippen molar-refractivity contribution in [2.24, 2.45) is 0 Å². The van der Waals surface area contributed by atoms with Crippen LogP contribution < -0.4 is 5.32 Å². The van der Waals surface area contributed by atoms with E-state index in [1.807, 2.05) is 30.3 Å². The van der Waals surface area contributed by atoms with Gasteiger partial charge in [0.05, 0.1) is 6.42 Å². The summed E-state index contributed by atoms with van der Waals surface area (Å²) >= 11 is 11.8. The minimum absolute atomic E-state index is 0.0527. The Morgan fingerprint density at radius 2 is 1.68 bits per heavy atom. The highest BCUT2D eigenvalue weighted by Crippen LogP contribution is 2.15. The molecule has 0 atom stereocenters. The third-order valence-corrected chi connectivity index (χ3v) is 3.33. The fourth-order valence-electron chi connectivity index (χ4n) is 1.68. The predicted octanol–water partition coefficient (Wildman–Crippen LogP) is 3.85. The molecule has 2 nitrogen and oxygen atoms in total. The normalized spacial score (nSPS) is 10.2. The van der Waals surface area contributed by atoms with Crippen molar-refractivity contribution in [3.63, 3.8) is 0 Å². The van der Waals surface area contributed by atoms with Gasteiger partial charge in [-0.15, -0.1) is 0 Å². The highest BCUT2D eigenvalue weighted by atomic mass is 35.5. The van der Waals surface area contributed by atoms with Crippen LogP contribution in [0.25, 0.3) is 0 Å². The van der Waals surface area contributed by atoms with E-state index in [-0.39, 0.29) is 12.3 Å². The molecule has 0 spiro atoms. The maximum Gasteiger partial charge on any atom is 0.224 e. The van der Waals surface area contributed by atoms with Crippen LogP contribution in [0.5, 0.6) is 0 Å². The fourth-order valence-corrected chi connectivity index (χ4v) is 2.01. The summed E-state index contributed by atoms with van der Waals surface area (Å²) in [6, 6.07) is 14.7. The second-order valence-corrected chi connectivity index (χ2v) is 5.02. The number of amides is 1. The molecule has 0 saturated carbocycles. The smallest absolute Gasteiger partial charge is 0.224 e. The van der Waals surface area contributed by atoms with Gasteiger partial charge in [-0.05, 0) is 29.3 Å². The number of hydrogen-bond acceptors (Lipinski definition) is 1. The van der Waals surface area contributed by atoms with E-state index in [0.29, 0.717) is 16.6 Å². The lowest BCUT2D eigenvalue weighted by molar-refractivity contribution is -0.120. The van der Waals surface area contributed by atoms with Gasteiger partial charge in [0, 0.05) is 16.6 Å². The molecule has 0 aliphatic heterocycles. The molecule has 0 aromatic heterocycles. The van der Waals surface area contributed by atoms with Gasteiger partial charge in [-0.25, -0.2) is 0 Å². The van der Waals surface area contributed by atoms with Crippen molar-refractivity contribution >= 4 is 29.1 Å². The van der Waals surface area contributed by atoms with Gasteiger partial charge in [-0.3, -0.25) is 4.79 Å². The van der Waals surface area contributed by atoms with Crippen molar-refractivity contribution in [3.8, 4) is 0 Å². The fraction of sp³-hybridized carbons (Fsp3) is 0.133. The maximum atomic E-state index is 11.8. The minimum Gasteiger partial charge on any atom is -0.352 e. The Morgan fingerprint density at radius 1 is 1.00 bits per heavy atom. The molecule has 4 heteroatoms. The molecule has 0 aliphatic rings. The molecule has 0 bridgehead atoms. The van der Waals surface area contributed by atoms with Crippen LogP contribution in [0.2, 0.25) is 10.0 Å². The van der Waals surface area contributed by atoms with Crippen molar-refractivity contribution in [2.75, 3.05) is 0 Å². The van der Waals surface area contributed by atoms with Crippen molar-refractivity contribution in [3.05, 3.63) is 69.7 Å². The molecular formula is C15H13Cl2NO. The molecule has 2 aromatic carbocycles. The first-order chi connectivity index (χ1) is 9.15. The number of halogens is 2. The molecule has 19 heavy (non-hydrogen) atoms. The van der Waals surface area contributed by atoms with Crippen LogP contribution in [0.3, 0.4) is 0 Å². The molecule has 0 heterocycles. The zero-order valence-corrected chi connectivity index (χ0v) is 11.7. The Hall–Kier alpha value is -1.51. The Kier molecular flexibility index (Phi) is 4.83. The lowest BCUT2D eigenvalue weighted by Crippen LogP contribution is -2.24. The maximum absolute atomic E-state index is 11.8. The summed E-state index contributed by atoms with van der Waals surface area (Å²) in [7, 11) is 0. The number of rotatable bonds is 4.